The van der Waals surface area contributed by atoms with Crippen LogP contribution in [0.5, 0.6) is 11.5 Å². The fourth-order valence-corrected chi connectivity index (χ4v) is 1.79. The minimum atomic E-state index is -0.606. The van der Waals surface area contributed by atoms with Crippen molar-refractivity contribution in [1.82, 2.24) is 0 Å². The molecule has 0 heterocycles. The standard InChI is InChI=1S/C15H10N2O4/c1-10-6-12(9-18)3-4-14(10)21-15-5-2-11(8-16)7-13(15)17(19)20/h2-7,9H,1H3. The monoisotopic (exact) mass is 282 g/mol. The third-order valence-corrected chi connectivity index (χ3v) is 2.84. The number of nitro groups is 1. The summed E-state index contributed by atoms with van der Waals surface area (Å²) < 4.78 is 5.53. The van der Waals surface area contributed by atoms with Crippen molar-refractivity contribution >= 4 is 12.0 Å². The highest BCUT2D eigenvalue weighted by Crippen LogP contribution is 2.33. The molecule has 2 aromatic carbocycles. The fourth-order valence-electron chi connectivity index (χ4n) is 1.79. The van der Waals surface area contributed by atoms with E-state index in [2.05, 4.69) is 0 Å². The van der Waals surface area contributed by atoms with Gasteiger partial charge in [0.15, 0.2) is 0 Å². The van der Waals surface area contributed by atoms with Crippen molar-refractivity contribution < 1.29 is 14.5 Å². The molecule has 0 radical (unpaired) electrons. The molecular formula is C15H10N2O4. The maximum Gasteiger partial charge on any atom is 0.312 e. The van der Waals surface area contributed by atoms with E-state index in [1.165, 1.54) is 12.1 Å². The number of nitro benzene ring substituents is 1. The molecule has 0 aliphatic carbocycles. The van der Waals surface area contributed by atoms with Gasteiger partial charge in [-0.3, -0.25) is 14.9 Å². The van der Waals surface area contributed by atoms with Gasteiger partial charge in [-0.1, -0.05) is 0 Å². The average Bonchev–Trinajstić information content (AvgIpc) is 2.49. The quantitative estimate of drug-likeness (QED) is 0.486. The topological polar surface area (TPSA) is 93.2 Å². The number of rotatable bonds is 4. The maximum atomic E-state index is 11.0. The van der Waals surface area contributed by atoms with Gasteiger partial charge in [0, 0.05) is 11.6 Å². The molecular weight excluding hydrogens is 272 g/mol. The number of hydrogen-bond acceptors (Lipinski definition) is 5. The molecule has 0 N–H and O–H groups in total. The molecule has 0 aliphatic heterocycles. The van der Waals surface area contributed by atoms with E-state index in [0.717, 1.165) is 6.07 Å². The molecule has 21 heavy (non-hydrogen) atoms. The minimum Gasteiger partial charge on any atom is -0.450 e. The van der Waals surface area contributed by atoms with Crippen LogP contribution >= 0.6 is 0 Å². The Hall–Kier alpha value is -3.20. The molecule has 0 aromatic heterocycles. The Labute approximate surface area is 120 Å². The summed E-state index contributed by atoms with van der Waals surface area (Å²) in [6.07, 6.45) is 0.709. The second kappa shape index (κ2) is 5.84. The fraction of sp³-hybridized carbons (Fsp3) is 0.0667. The summed E-state index contributed by atoms with van der Waals surface area (Å²) in [5.41, 5.74) is 1.07. The summed E-state index contributed by atoms with van der Waals surface area (Å²) >= 11 is 0. The Morgan fingerprint density at radius 1 is 1.24 bits per heavy atom. The first kappa shape index (κ1) is 14.2. The van der Waals surface area contributed by atoms with E-state index in [0.29, 0.717) is 23.2 Å². The van der Waals surface area contributed by atoms with Crippen LogP contribution in [0.25, 0.3) is 0 Å². The van der Waals surface area contributed by atoms with Crippen LogP contribution in [0, 0.1) is 28.4 Å². The van der Waals surface area contributed by atoms with E-state index >= 15 is 0 Å². The van der Waals surface area contributed by atoms with Crippen molar-refractivity contribution in [3.05, 3.63) is 63.2 Å². The second-order valence-corrected chi connectivity index (χ2v) is 4.30. The van der Waals surface area contributed by atoms with Gasteiger partial charge in [-0.05, 0) is 42.8 Å². The average molecular weight is 282 g/mol. The van der Waals surface area contributed by atoms with Crippen molar-refractivity contribution in [2.45, 2.75) is 6.92 Å². The van der Waals surface area contributed by atoms with Gasteiger partial charge in [0.2, 0.25) is 5.75 Å². The lowest BCUT2D eigenvalue weighted by atomic mass is 10.1. The number of aryl methyl sites for hydroxylation is 1. The first-order valence-electron chi connectivity index (χ1n) is 5.97. The number of hydrogen-bond donors (Lipinski definition) is 0. The highest BCUT2D eigenvalue weighted by atomic mass is 16.6. The molecule has 6 heteroatoms. The summed E-state index contributed by atoms with van der Waals surface area (Å²) in [7, 11) is 0. The number of benzene rings is 2. The molecule has 0 atom stereocenters. The molecule has 0 unspecified atom stereocenters. The Morgan fingerprint density at radius 2 is 1.95 bits per heavy atom. The van der Waals surface area contributed by atoms with Crippen LogP contribution in [-0.4, -0.2) is 11.2 Å². The zero-order valence-electron chi connectivity index (χ0n) is 11.1. The SMILES string of the molecule is Cc1cc(C=O)ccc1Oc1ccc(C#N)cc1[N+](=O)[O-]. The molecule has 0 saturated heterocycles. The predicted molar refractivity (Wildman–Crippen MR) is 74.5 cm³/mol. The van der Waals surface area contributed by atoms with Gasteiger partial charge in [0.1, 0.15) is 12.0 Å². The van der Waals surface area contributed by atoms with Gasteiger partial charge >= 0.3 is 5.69 Å². The summed E-state index contributed by atoms with van der Waals surface area (Å²) in [6, 6.07) is 10.6. The van der Waals surface area contributed by atoms with Crippen LogP contribution in [0.4, 0.5) is 5.69 Å². The lowest BCUT2D eigenvalue weighted by molar-refractivity contribution is -0.385. The van der Waals surface area contributed by atoms with Crippen molar-refractivity contribution in [2.24, 2.45) is 0 Å². The normalized spacial score (nSPS) is 9.71. The van der Waals surface area contributed by atoms with Crippen LogP contribution in [0.15, 0.2) is 36.4 Å². The van der Waals surface area contributed by atoms with Crippen molar-refractivity contribution in [3.63, 3.8) is 0 Å². The predicted octanol–water partition coefficient (Wildman–Crippen LogP) is 3.38. The molecule has 6 nitrogen and oxygen atoms in total. The van der Waals surface area contributed by atoms with Crippen molar-refractivity contribution in [3.8, 4) is 17.6 Å². The molecule has 0 saturated carbocycles. The van der Waals surface area contributed by atoms with Gasteiger partial charge in [0.25, 0.3) is 0 Å². The molecule has 0 bridgehead atoms. The Kier molecular flexibility index (Phi) is 3.95. The third-order valence-electron chi connectivity index (χ3n) is 2.84. The summed E-state index contributed by atoms with van der Waals surface area (Å²) in [5.74, 6) is 0.453. The molecule has 0 spiro atoms. The Balaban J connectivity index is 2.42. The summed E-state index contributed by atoms with van der Waals surface area (Å²) in [6.45, 7) is 1.73. The van der Waals surface area contributed by atoms with Crippen LogP contribution < -0.4 is 4.74 Å². The van der Waals surface area contributed by atoms with Gasteiger partial charge in [-0.25, -0.2) is 0 Å². The number of ether oxygens (including phenoxy) is 1. The highest BCUT2D eigenvalue weighted by Gasteiger charge is 2.17. The van der Waals surface area contributed by atoms with Gasteiger partial charge in [-0.2, -0.15) is 5.26 Å². The lowest BCUT2D eigenvalue weighted by Crippen LogP contribution is -1.96. The number of carbonyl (C=O) groups excluding carboxylic acids is 1. The van der Waals surface area contributed by atoms with E-state index in [-0.39, 0.29) is 17.0 Å². The van der Waals surface area contributed by atoms with E-state index in [1.54, 1.807) is 25.1 Å². The largest absolute Gasteiger partial charge is 0.450 e. The second-order valence-electron chi connectivity index (χ2n) is 4.30. The number of nitrogens with zero attached hydrogens (tertiary/aromatic N) is 2. The molecule has 104 valence electrons. The first-order valence-corrected chi connectivity index (χ1v) is 5.97. The Bertz CT molecular complexity index is 763. The van der Waals surface area contributed by atoms with Crippen molar-refractivity contribution in [1.29, 1.82) is 5.26 Å². The summed E-state index contributed by atoms with van der Waals surface area (Å²) in [4.78, 5) is 21.1. The summed E-state index contributed by atoms with van der Waals surface area (Å²) in [5, 5.41) is 19.8. The van der Waals surface area contributed by atoms with E-state index < -0.39 is 4.92 Å². The molecule has 0 aliphatic rings. The lowest BCUT2D eigenvalue weighted by Gasteiger charge is -2.09. The zero-order chi connectivity index (χ0) is 15.4. The molecule has 2 rings (SSSR count). The van der Waals surface area contributed by atoms with Gasteiger partial charge in [-0.15, -0.1) is 0 Å². The third kappa shape index (κ3) is 3.04. The van der Waals surface area contributed by atoms with Gasteiger partial charge < -0.3 is 4.74 Å². The van der Waals surface area contributed by atoms with E-state index in [4.69, 9.17) is 10.00 Å². The Morgan fingerprint density at radius 3 is 2.52 bits per heavy atom. The number of carbonyl (C=O) groups is 1. The molecule has 0 amide bonds. The van der Waals surface area contributed by atoms with E-state index in [9.17, 15) is 14.9 Å². The minimum absolute atomic E-state index is 0.0425. The molecule has 2 aromatic rings. The van der Waals surface area contributed by atoms with Crippen LogP contribution in [-0.2, 0) is 0 Å². The molecule has 0 fully saturated rings. The van der Waals surface area contributed by atoms with Crippen LogP contribution in [0.3, 0.4) is 0 Å². The first-order chi connectivity index (χ1) is 10.0. The highest BCUT2D eigenvalue weighted by molar-refractivity contribution is 5.75. The van der Waals surface area contributed by atoms with Crippen molar-refractivity contribution in [2.75, 3.05) is 0 Å². The van der Waals surface area contributed by atoms with Gasteiger partial charge in [0.05, 0.1) is 16.6 Å². The zero-order valence-corrected chi connectivity index (χ0v) is 11.1. The van der Waals surface area contributed by atoms with E-state index in [1.807, 2.05) is 6.07 Å². The van der Waals surface area contributed by atoms with Crippen LogP contribution in [0.1, 0.15) is 21.5 Å². The number of nitriles is 1. The van der Waals surface area contributed by atoms with Crippen LogP contribution in [0.2, 0.25) is 0 Å². The maximum absolute atomic E-state index is 11.0. The smallest absolute Gasteiger partial charge is 0.312 e. The number of aldehydes is 1.